The number of hydrogen-bond donors (Lipinski definition) is 1. The van der Waals surface area contributed by atoms with E-state index in [4.69, 9.17) is 9.47 Å². The molecule has 0 saturated heterocycles. The Kier molecular flexibility index (Phi) is 10.0. The van der Waals surface area contributed by atoms with Gasteiger partial charge in [-0.15, -0.1) is 12.4 Å². The average molecular weight is 364 g/mol. The van der Waals surface area contributed by atoms with Crippen molar-refractivity contribution < 1.29 is 9.47 Å². The van der Waals surface area contributed by atoms with Gasteiger partial charge in [-0.3, -0.25) is 0 Å². The van der Waals surface area contributed by atoms with E-state index < -0.39 is 0 Å². The van der Waals surface area contributed by atoms with Crippen LogP contribution in [0.3, 0.4) is 0 Å². The molecule has 138 valence electrons. The summed E-state index contributed by atoms with van der Waals surface area (Å²) in [5.74, 6) is 2.16. The van der Waals surface area contributed by atoms with Crippen molar-refractivity contribution in [3.05, 3.63) is 59.7 Å². The first-order chi connectivity index (χ1) is 11.7. The Bertz CT molecular complexity index is 602. The van der Waals surface area contributed by atoms with Crippen LogP contribution in [-0.2, 0) is 13.0 Å². The Morgan fingerprint density at radius 2 is 1.68 bits per heavy atom. The summed E-state index contributed by atoms with van der Waals surface area (Å²) in [6.07, 6.45) is 1.04. The third-order valence-corrected chi connectivity index (χ3v) is 3.64. The van der Waals surface area contributed by atoms with E-state index in [0.717, 1.165) is 31.0 Å². The summed E-state index contributed by atoms with van der Waals surface area (Å²) in [6, 6.07) is 16.7. The van der Waals surface area contributed by atoms with Crippen LogP contribution in [0.15, 0.2) is 48.5 Å². The molecule has 2 aromatic rings. The zero-order valence-corrected chi connectivity index (χ0v) is 16.3. The molecule has 0 saturated carbocycles. The molecule has 0 radical (unpaired) electrons. The van der Waals surface area contributed by atoms with Crippen molar-refractivity contribution in [2.75, 3.05) is 19.8 Å². The molecule has 2 aromatic carbocycles. The average Bonchev–Trinajstić information content (AvgIpc) is 2.59. The Morgan fingerprint density at radius 3 is 2.36 bits per heavy atom. The minimum atomic E-state index is 0. The summed E-state index contributed by atoms with van der Waals surface area (Å²) in [7, 11) is 0. The quantitative estimate of drug-likeness (QED) is 0.610. The lowest BCUT2D eigenvalue weighted by Gasteiger charge is -2.15. The summed E-state index contributed by atoms with van der Waals surface area (Å²) in [5.41, 5.74) is 2.57. The second-order valence-corrected chi connectivity index (χ2v) is 6.33. The Balaban J connectivity index is 0.00000312. The maximum Gasteiger partial charge on any atom is 0.161 e. The highest BCUT2D eigenvalue weighted by molar-refractivity contribution is 5.85. The number of benzene rings is 2. The molecule has 0 aliphatic carbocycles. The molecule has 0 spiro atoms. The standard InChI is InChI=1S/C21H29NO2.ClH/c1-4-23-21-14-19(10-11-20(21)24-16-17(2)3)15-22-13-12-18-8-6-5-7-9-18;/h5-11,14,17,22H,4,12-13,15-16H2,1-3H3;1H. The van der Waals surface area contributed by atoms with E-state index in [-0.39, 0.29) is 12.4 Å². The summed E-state index contributed by atoms with van der Waals surface area (Å²) in [5, 5.41) is 3.49. The molecule has 0 fully saturated rings. The molecule has 2 rings (SSSR count). The van der Waals surface area contributed by atoms with Gasteiger partial charge in [0.05, 0.1) is 13.2 Å². The van der Waals surface area contributed by atoms with E-state index in [2.05, 4.69) is 61.6 Å². The first kappa shape index (κ1) is 21.3. The van der Waals surface area contributed by atoms with E-state index in [9.17, 15) is 0 Å². The second kappa shape index (κ2) is 11.8. The molecule has 0 aromatic heterocycles. The summed E-state index contributed by atoms with van der Waals surface area (Å²) >= 11 is 0. The van der Waals surface area contributed by atoms with Crippen molar-refractivity contribution >= 4 is 12.4 Å². The van der Waals surface area contributed by atoms with Crippen molar-refractivity contribution in [2.24, 2.45) is 5.92 Å². The Hall–Kier alpha value is -1.71. The molecule has 0 aliphatic heterocycles. The van der Waals surface area contributed by atoms with Gasteiger partial charge >= 0.3 is 0 Å². The van der Waals surface area contributed by atoms with Crippen LogP contribution in [0.2, 0.25) is 0 Å². The molecule has 0 atom stereocenters. The zero-order chi connectivity index (χ0) is 17.2. The van der Waals surface area contributed by atoms with E-state index in [0.29, 0.717) is 19.1 Å². The normalized spacial score (nSPS) is 10.4. The van der Waals surface area contributed by atoms with Gasteiger partial charge in [-0.2, -0.15) is 0 Å². The number of ether oxygens (including phenoxy) is 2. The van der Waals surface area contributed by atoms with E-state index in [1.807, 2.05) is 13.0 Å². The van der Waals surface area contributed by atoms with Gasteiger partial charge in [0.15, 0.2) is 11.5 Å². The first-order valence-corrected chi connectivity index (χ1v) is 8.82. The van der Waals surface area contributed by atoms with Crippen LogP contribution >= 0.6 is 12.4 Å². The lowest BCUT2D eigenvalue weighted by molar-refractivity contribution is 0.248. The van der Waals surface area contributed by atoms with Gasteiger partial charge < -0.3 is 14.8 Å². The molecule has 0 aliphatic rings. The molecule has 3 nitrogen and oxygen atoms in total. The van der Waals surface area contributed by atoms with Gasteiger partial charge in [-0.1, -0.05) is 50.2 Å². The van der Waals surface area contributed by atoms with E-state index >= 15 is 0 Å². The number of rotatable bonds is 10. The second-order valence-electron chi connectivity index (χ2n) is 6.33. The topological polar surface area (TPSA) is 30.5 Å². The van der Waals surface area contributed by atoms with Gasteiger partial charge in [0.1, 0.15) is 0 Å². The van der Waals surface area contributed by atoms with Crippen LogP contribution in [0, 0.1) is 5.92 Å². The van der Waals surface area contributed by atoms with Crippen molar-refractivity contribution in [1.82, 2.24) is 5.32 Å². The minimum absolute atomic E-state index is 0. The minimum Gasteiger partial charge on any atom is -0.490 e. The van der Waals surface area contributed by atoms with Gasteiger partial charge in [-0.25, -0.2) is 0 Å². The zero-order valence-electron chi connectivity index (χ0n) is 15.5. The maximum atomic E-state index is 5.84. The SMILES string of the molecule is CCOc1cc(CNCCc2ccccc2)ccc1OCC(C)C.Cl. The highest BCUT2D eigenvalue weighted by Crippen LogP contribution is 2.29. The van der Waals surface area contributed by atoms with Crippen LogP contribution in [0.5, 0.6) is 11.5 Å². The molecule has 0 heterocycles. The maximum absolute atomic E-state index is 5.84. The van der Waals surface area contributed by atoms with Gasteiger partial charge in [0.2, 0.25) is 0 Å². The van der Waals surface area contributed by atoms with Crippen LogP contribution in [0.1, 0.15) is 31.9 Å². The molecule has 0 amide bonds. The van der Waals surface area contributed by atoms with Crippen molar-refractivity contribution in [2.45, 2.75) is 33.7 Å². The van der Waals surface area contributed by atoms with Crippen molar-refractivity contribution in [1.29, 1.82) is 0 Å². The fourth-order valence-electron chi connectivity index (χ4n) is 2.42. The predicted molar refractivity (Wildman–Crippen MR) is 107 cm³/mol. The van der Waals surface area contributed by atoms with Crippen molar-refractivity contribution in [3.8, 4) is 11.5 Å². The molecule has 4 heteroatoms. The largest absolute Gasteiger partial charge is 0.490 e. The Morgan fingerprint density at radius 1 is 0.920 bits per heavy atom. The van der Waals surface area contributed by atoms with E-state index in [1.54, 1.807) is 0 Å². The van der Waals surface area contributed by atoms with Gasteiger partial charge in [-0.05, 0) is 49.1 Å². The summed E-state index contributed by atoms with van der Waals surface area (Å²) < 4.78 is 11.6. The molecule has 0 bridgehead atoms. The predicted octanol–water partition coefficient (Wildman–Crippen LogP) is 4.87. The van der Waals surface area contributed by atoms with E-state index in [1.165, 1.54) is 11.1 Å². The smallest absolute Gasteiger partial charge is 0.161 e. The fraction of sp³-hybridized carbons (Fsp3) is 0.429. The highest BCUT2D eigenvalue weighted by Gasteiger charge is 2.07. The number of hydrogen-bond acceptors (Lipinski definition) is 3. The lowest BCUT2D eigenvalue weighted by Crippen LogP contribution is -2.16. The lowest BCUT2D eigenvalue weighted by atomic mass is 10.1. The molecular formula is C21H30ClNO2. The third kappa shape index (κ3) is 7.80. The summed E-state index contributed by atoms with van der Waals surface area (Å²) in [4.78, 5) is 0. The van der Waals surface area contributed by atoms with Crippen molar-refractivity contribution in [3.63, 3.8) is 0 Å². The highest BCUT2D eigenvalue weighted by atomic mass is 35.5. The van der Waals surface area contributed by atoms with Crippen LogP contribution in [0.25, 0.3) is 0 Å². The van der Waals surface area contributed by atoms with Crippen LogP contribution in [-0.4, -0.2) is 19.8 Å². The van der Waals surface area contributed by atoms with Gasteiger partial charge in [0, 0.05) is 6.54 Å². The molecule has 25 heavy (non-hydrogen) atoms. The third-order valence-electron chi connectivity index (χ3n) is 3.64. The fourth-order valence-corrected chi connectivity index (χ4v) is 2.42. The van der Waals surface area contributed by atoms with Crippen LogP contribution < -0.4 is 14.8 Å². The number of halogens is 1. The monoisotopic (exact) mass is 363 g/mol. The summed E-state index contributed by atoms with van der Waals surface area (Å²) in [6.45, 7) is 9.42. The molecule has 0 unspecified atom stereocenters. The van der Waals surface area contributed by atoms with Gasteiger partial charge in [0.25, 0.3) is 0 Å². The van der Waals surface area contributed by atoms with Crippen LogP contribution in [0.4, 0.5) is 0 Å². The Labute approximate surface area is 158 Å². The molecule has 1 N–H and O–H groups in total. The molecular weight excluding hydrogens is 334 g/mol. The first-order valence-electron chi connectivity index (χ1n) is 8.82. The number of nitrogens with one attached hydrogen (secondary N) is 1.